The zero-order valence-electron chi connectivity index (χ0n) is 22.4. The lowest BCUT2D eigenvalue weighted by Gasteiger charge is -2.36. The summed E-state index contributed by atoms with van der Waals surface area (Å²) in [6, 6.07) is 22.8. The number of aryl methyl sites for hydroxylation is 3. The van der Waals surface area contributed by atoms with Crippen LogP contribution in [0, 0.1) is 37.8 Å². The number of thiocarbonyl (C=S) groups is 1. The summed E-state index contributed by atoms with van der Waals surface area (Å²) in [6.45, 7) is 7.65. The van der Waals surface area contributed by atoms with Crippen molar-refractivity contribution in [3.63, 3.8) is 0 Å². The van der Waals surface area contributed by atoms with E-state index in [9.17, 15) is 19.7 Å². The number of nitrogens with zero attached hydrogens (tertiary/aromatic N) is 4. The van der Waals surface area contributed by atoms with Crippen LogP contribution in [-0.2, 0) is 9.59 Å². The zero-order chi connectivity index (χ0) is 28.7. The highest BCUT2D eigenvalue weighted by molar-refractivity contribution is 7.81. The Labute approximate surface area is 236 Å². The second kappa shape index (κ2) is 10.3. The minimum absolute atomic E-state index is 0.0291. The lowest BCUT2D eigenvalue weighted by molar-refractivity contribution is -0.384. The maximum atomic E-state index is 14.0. The van der Waals surface area contributed by atoms with E-state index in [-0.39, 0.29) is 16.4 Å². The maximum absolute atomic E-state index is 14.0. The third-order valence-corrected chi connectivity index (χ3v) is 7.45. The predicted molar refractivity (Wildman–Crippen MR) is 160 cm³/mol. The first-order valence-electron chi connectivity index (χ1n) is 12.6. The molecule has 0 N–H and O–H groups in total. The Morgan fingerprint density at radius 2 is 1.40 bits per heavy atom. The van der Waals surface area contributed by atoms with Crippen LogP contribution in [0.4, 0.5) is 17.1 Å². The van der Waals surface area contributed by atoms with Gasteiger partial charge in [0.1, 0.15) is 5.57 Å². The van der Waals surface area contributed by atoms with Crippen molar-refractivity contribution in [3.8, 4) is 5.69 Å². The molecular formula is C31H26N4O4S. The van der Waals surface area contributed by atoms with Gasteiger partial charge < -0.3 is 4.57 Å². The van der Waals surface area contributed by atoms with Gasteiger partial charge in [0, 0.05) is 23.5 Å². The first-order chi connectivity index (χ1) is 19.1. The number of aromatic nitrogens is 1. The molecule has 2 heterocycles. The minimum atomic E-state index is -0.526. The number of nitro groups is 1. The van der Waals surface area contributed by atoms with Gasteiger partial charge in [-0.2, -0.15) is 0 Å². The van der Waals surface area contributed by atoms with E-state index >= 15 is 0 Å². The Morgan fingerprint density at radius 3 is 2.05 bits per heavy atom. The number of amides is 2. The van der Waals surface area contributed by atoms with Crippen LogP contribution in [0.25, 0.3) is 11.8 Å². The van der Waals surface area contributed by atoms with Crippen molar-refractivity contribution >= 4 is 52.3 Å². The van der Waals surface area contributed by atoms with Gasteiger partial charge in [-0.25, -0.2) is 0 Å². The fourth-order valence-electron chi connectivity index (χ4n) is 4.86. The molecule has 1 saturated heterocycles. The van der Waals surface area contributed by atoms with Crippen molar-refractivity contribution in [2.24, 2.45) is 0 Å². The van der Waals surface area contributed by atoms with Gasteiger partial charge in [0.2, 0.25) is 0 Å². The number of non-ortho nitro benzene ring substituents is 1. The summed E-state index contributed by atoms with van der Waals surface area (Å²) in [4.78, 5) is 41.5. The molecule has 0 unspecified atom stereocenters. The van der Waals surface area contributed by atoms with E-state index in [4.69, 9.17) is 12.2 Å². The molecule has 40 heavy (non-hydrogen) atoms. The van der Waals surface area contributed by atoms with Gasteiger partial charge in [0.25, 0.3) is 17.5 Å². The van der Waals surface area contributed by atoms with Gasteiger partial charge in [-0.1, -0.05) is 30.3 Å². The van der Waals surface area contributed by atoms with Crippen LogP contribution in [0.15, 0.2) is 84.4 Å². The Bertz CT molecular complexity index is 1740. The average molecular weight is 551 g/mol. The topological polar surface area (TPSA) is 88.7 Å². The third kappa shape index (κ3) is 4.60. The van der Waals surface area contributed by atoms with E-state index in [1.54, 1.807) is 42.5 Å². The molecule has 8 nitrogen and oxygen atoms in total. The lowest BCUT2D eigenvalue weighted by Crippen LogP contribution is -2.57. The molecule has 0 atom stereocenters. The summed E-state index contributed by atoms with van der Waals surface area (Å²) in [6.07, 6.45) is 1.58. The number of carbonyl (C=O) groups excluding carboxylic acids is 2. The van der Waals surface area contributed by atoms with Crippen LogP contribution in [0.2, 0.25) is 0 Å². The summed E-state index contributed by atoms with van der Waals surface area (Å²) < 4.78 is 1.86. The van der Waals surface area contributed by atoms with Gasteiger partial charge in [-0.3, -0.25) is 29.5 Å². The standard InChI is InChI=1S/C31H26N4O4S/c1-19-13-14-26(15-20(19)2)34-30(37)28(29(36)33(31(34)40)24-9-6-5-7-10-24)17-23-16-21(3)32(22(23)4)25-11-8-12-27(18-25)35(38)39/h5-18H,1-4H3/b28-17+. The number of nitro benzene ring substituents is 1. The molecule has 5 rings (SSSR count). The first kappa shape index (κ1) is 26.7. The molecule has 4 aromatic rings. The van der Waals surface area contributed by atoms with Crippen molar-refractivity contribution < 1.29 is 14.5 Å². The molecule has 1 fully saturated rings. The molecule has 0 aliphatic carbocycles. The molecule has 200 valence electrons. The van der Waals surface area contributed by atoms with Crippen LogP contribution in [0.1, 0.15) is 28.1 Å². The van der Waals surface area contributed by atoms with E-state index in [1.165, 1.54) is 21.9 Å². The highest BCUT2D eigenvalue weighted by Crippen LogP contribution is 2.32. The van der Waals surface area contributed by atoms with Gasteiger partial charge in [-0.05, 0) is 99.1 Å². The largest absolute Gasteiger partial charge is 0.318 e. The van der Waals surface area contributed by atoms with Crippen molar-refractivity contribution in [2.45, 2.75) is 27.7 Å². The molecule has 0 radical (unpaired) electrons. The van der Waals surface area contributed by atoms with Crippen molar-refractivity contribution in [1.29, 1.82) is 0 Å². The number of hydrogen-bond donors (Lipinski definition) is 0. The Kier molecular flexibility index (Phi) is 6.91. The van der Waals surface area contributed by atoms with Crippen LogP contribution >= 0.6 is 12.2 Å². The van der Waals surface area contributed by atoms with Gasteiger partial charge in [-0.15, -0.1) is 0 Å². The van der Waals surface area contributed by atoms with Crippen molar-refractivity contribution in [1.82, 2.24) is 4.57 Å². The zero-order valence-corrected chi connectivity index (χ0v) is 23.2. The number of rotatable bonds is 5. The number of carbonyl (C=O) groups is 2. The summed E-state index contributed by atoms with van der Waals surface area (Å²) in [5, 5.41) is 11.4. The highest BCUT2D eigenvalue weighted by Gasteiger charge is 2.41. The second-order valence-electron chi connectivity index (χ2n) is 9.66. The Hall–Kier alpha value is -4.89. The SMILES string of the molecule is Cc1ccc(N2C(=O)/C(=C/c3cc(C)n(-c4cccc([N+](=O)[O-])c4)c3C)C(=O)N(c3ccccc3)C2=S)cc1C. The molecule has 9 heteroatoms. The summed E-state index contributed by atoms with van der Waals surface area (Å²) >= 11 is 5.73. The van der Waals surface area contributed by atoms with Gasteiger partial charge in [0.05, 0.1) is 22.0 Å². The van der Waals surface area contributed by atoms with E-state index in [1.807, 2.05) is 62.6 Å². The number of hydrogen-bond acceptors (Lipinski definition) is 5. The molecule has 1 aromatic heterocycles. The molecule has 2 amide bonds. The quantitative estimate of drug-likeness (QED) is 0.0948. The van der Waals surface area contributed by atoms with Gasteiger partial charge >= 0.3 is 0 Å². The fourth-order valence-corrected chi connectivity index (χ4v) is 5.24. The minimum Gasteiger partial charge on any atom is -0.318 e. The molecule has 3 aromatic carbocycles. The fraction of sp³-hybridized carbons (Fsp3) is 0.129. The molecule has 1 aliphatic rings. The second-order valence-corrected chi connectivity index (χ2v) is 10.0. The molecule has 1 aliphatic heterocycles. The Morgan fingerprint density at radius 1 is 0.750 bits per heavy atom. The number of para-hydroxylation sites is 1. The molecule has 0 spiro atoms. The molecular weight excluding hydrogens is 524 g/mol. The van der Waals surface area contributed by atoms with E-state index in [2.05, 4.69) is 0 Å². The summed E-state index contributed by atoms with van der Waals surface area (Å²) in [5.41, 5.74) is 5.87. The van der Waals surface area contributed by atoms with Crippen molar-refractivity contribution in [2.75, 3.05) is 9.80 Å². The lowest BCUT2D eigenvalue weighted by atomic mass is 10.0. The molecule has 0 saturated carbocycles. The monoisotopic (exact) mass is 550 g/mol. The summed E-state index contributed by atoms with van der Waals surface area (Å²) in [7, 11) is 0. The highest BCUT2D eigenvalue weighted by atomic mass is 32.1. The smallest absolute Gasteiger partial charge is 0.271 e. The number of anilines is 2. The van der Waals surface area contributed by atoms with Crippen LogP contribution in [0.3, 0.4) is 0 Å². The normalized spacial score (nSPS) is 14.8. The van der Waals surface area contributed by atoms with E-state index in [0.717, 1.165) is 22.5 Å². The third-order valence-electron chi connectivity index (χ3n) is 7.08. The van der Waals surface area contributed by atoms with Crippen LogP contribution < -0.4 is 9.80 Å². The first-order valence-corrected chi connectivity index (χ1v) is 13.0. The van der Waals surface area contributed by atoms with Crippen molar-refractivity contribution in [3.05, 3.63) is 123 Å². The van der Waals surface area contributed by atoms with Crippen LogP contribution in [0.5, 0.6) is 0 Å². The van der Waals surface area contributed by atoms with Crippen LogP contribution in [-0.4, -0.2) is 26.4 Å². The number of benzene rings is 3. The molecule has 0 bridgehead atoms. The van der Waals surface area contributed by atoms with Gasteiger partial charge in [0.15, 0.2) is 5.11 Å². The van der Waals surface area contributed by atoms with E-state index < -0.39 is 16.7 Å². The van der Waals surface area contributed by atoms with E-state index in [0.29, 0.717) is 22.6 Å². The summed E-state index contributed by atoms with van der Waals surface area (Å²) in [5.74, 6) is -1.05. The predicted octanol–water partition coefficient (Wildman–Crippen LogP) is 6.37. The Balaban J connectivity index is 1.66. The average Bonchev–Trinajstić information content (AvgIpc) is 3.21. The maximum Gasteiger partial charge on any atom is 0.271 e.